The van der Waals surface area contributed by atoms with Crippen LogP contribution in [-0.4, -0.2) is 8.42 Å². The largest absolute Gasteiger partial charge is 0.243 e. The second-order valence-corrected chi connectivity index (χ2v) is 6.68. The predicted octanol–water partition coefficient (Wildman–Crippen LogP) is 3.02. The average Bonchev–Trinajstić information content (AvgIpc) is 2.78. The molecule has 0 radical (unpaired) electrons. The quantitative estimate of drug-likeness (QED) is 0.944. The van der Waals surface area contributed by atoms with E-state index in [1.165, 1.54) is 17.4 Å². The van der Waals surface area contributed by atoms with E-state index in [9.17, 15) is 12.8 Å². The third kappa shape index (κ3) is 3.08. The highest BCUT2D eigenvalue weighted by atomic mass is 35.5. The van der Waals surface area contributed by atoms with E-state index < -0.39 is 20.7 Å². The first-order chi connectivity index (χ1) is 8.49. The van der Waals surface area contributed by atoms with Crippen LogP contribution in [0.5, 0.6) is 0 Å². The molecular formula is C11H9ClFNO2S2. The minimum Gasteiger partial charge on any atom is -0.207 e. The first-order valence-electron chi connectivity index (χ1n) is 4.96. The van der Waals surface area contributed by atoms with Crippen molar-refractivity contribution < 1.29 is 12.8 Å². The molecule has 0 amide bonds. The molecule has 0 spiro atoms. The van der Waals surface area contributed by atoms with Crippen LogP contribution in [0, 0.1) is 5.82 Å². The van der Waals surface area contributed by atoms with Crippen LogP contribution in [0.15, 0.2) is 40.6 Å². The smallest absolute Gasteiger partial charge is 0.207 e. The van der Waals surface area contributed by atoms with Gasteiger partial charge in [-0.15, -0.1) is 11.3 Å². The lowest BCUT2D eigenvalue weighted by Gasteiger charge is -2.06. The Morgan fingerprint density at radius 2 is 2.11 bits per heavy atom. The van der Waals surface area contributed by atoms with Crippen LogP contribution in [-0.2, 0) is 16.6 Å². The van der Waals surface area contributed by atoms with Gasteiger partial charge in [0, 0.05) is 16.4 Å². The van der Waals surface area contributed by atoms with Crippen LogP contribution in [0.3, 0.4) is 0 Å². The zero-order valence-corrected chi connectivity index (χ0v) is 11.4. The van der Waals surface area contributed by atoms with Crippen LogP contribution >= 0.6 is 22.9 Å². The molecule has 1 heterocycles. The second kappa shape index (κ2) is 5.36. The van der Waals surface area contributed by atoms with Gasteiger partial charge in [-0.1, -0.05) is 17.7 Å². The van der Waals surface area contributed by atoms with Crippen molar-refractivity contribution >= 4 is 33.0 Å². The Morgan fingerprint density at radius 3 is 2.72 bits per heavy atom. The van der Waals surface area contributed by atoms with Crippen molar-refractivity contribution in [1.82, 2.24) is 4.72 Å². The Kier molecular flexibility index (Phi) is 4.01. The number of nitrogens with one attached hydrogen (secondary N) is 1. The standard InChI is InChI=1S/C11H9ClFNO2S2/c12-8-3-4-11(10(13)6-8)18(15,16)14-7-9-2-1-5-17-9/h1-6,14H,7H2. The van der Waals surface area contributed by atoms with Gasteiger partial charge in [-0.2, -0.15) is 0 Å². The summed E-state index contributed by atoms with van der Waals surface area (Å²) in [5.41, 5.74) is 0. The fourth-order valence-electron chi connectivity index (χ4n) is 1.35. The van der Waals surface area contributed by atoms with E-state index in [2.05, 4.69) is 4.72 Å². The molecule has 0 atom stereocenters. The summed E-state index contributed by atoms with van der Waals surface area (Å²) >= 11 is 7.00. The van der Waals surface area contributed by atoms with Crippen molar-refractivity contribution in [1.29, 1.82) is 0 Å². The first kappa shape index (κ1) is 13.5. The molecular weight excluding hydrogens is 297 g/mol. The van der Waals surface area contributed by atoms with E-state index in [1.807, 2.05) is 11.4 Å². The van der Waals surface area contributed by atoms with Crippen molar-refractivity contribution in [2.75, 3.05) is 0 Å². The predicted molar refractivity (Wildman–Crippen MR) is 69.8 cm³/mol. The SMILES string of the molecule is O=S(=O)(NCc1cccs1)c1ccc(Cl)cc1F. The Bertz CT molecular complexity index is 641. The highest BCUT2D eigenvalue weighted by Crippen LogP contribution is 2.19. The molecule has 0 bridgehead atoms. The third-order valence-corrected chi connectivity index (χ3v) is 4.75. The summed E-state index contributed by atoms with van der Waals surface area (Å²) < 4.78 is 39.6. The van der Waals surface area contributed by atoms with Crippen molar-refractivity contribution in [2.24, 2.45) is 0 Å². The molecule has 96 valence electrons. The van der Waals surface area contributed by atoms with Crippen molar-refractivity contribution in [3.05, 3.63) is 51.4 Å². The van der Waals surface area contributed by atoms with Crippen molar-refractivity contribution in [2.45, 2.75) is 11.4 Å². The van der Waals surface area contributed by atoms with Crippen molar-refractivity contribution in [3.63, 3.8) is 0 Å². The summed E-state index contributed by atoms with van der Waals surface area (Å²) in [7, 11) is -3.86. The van der Waals surface area contributed by atoms with Gasteiger partial charge in [-0.3, -0.25) is 0 Å². The maximum atomic E-state index is 13.5. The zero-order chi connectivity index (χ0) is 13.2. The number of halogens is 2. The minimum absolute atomic E-state index is 0.141. The molecule has 1 aromatic heterocycles. The molecule has 0 aliphatic carbocycles. The van der Waals surface area contributed by atoms with Gasteiger partial charge >= 0.3 is 0 Å². The van der Waals surface area contributed by atoms with Gasteiger partial charge in [0.2, 0.25) is 10.0 Å². The Labute approximate surface area is 113 Å². The number of hydrogen-bond acceptors (Lipinski definition) is 3. The second-order valence-electron chi connectivity index (χ2n) is 3.48. The van der Waals surface area contributed by atoms with E-state index >= 15 is 0 Å². The Balaban J connectivity index is 2.20. The molecule has 1 N–H and O–H groups in total. The van der Waals surface area contributed by atoms with Crippen LogP contribution in [0.1, 0.15) is 4.88 Å². The van der Waals surface area contributed by atoms with E-state index in [-0.39, 0.29) is 11.6 Å². The summed E-state index contributed by atoms with van der Waals surface area (Å²) in [4.78, 5) is 0.455. The monoisotopic (exact) mass is 305 g/mol. The van der Waals surface area contributed by atoms with Gasteiger partial charge in [0.25, 0.3) is 0 Å². The number of sulfonamides is 1. The summed E-state index contributed by atoms with van der Waals surface area (Å²) in [6.07, 6.45) is 0. The highest BCUT2D eigenvalue weighted by molar-refractivity contribution is 7.89. The lowest BCUT2D eigenvalue weighted by Crippen LogP contribution is -2.23. The molecule has 0 aliphatic rings. The fraction of sp³-hybridized carbons (Fsp3) is 0.0909. The van der Waals surface area contributed by atoms with Gasteiger partial charge in [-0.25, -0.2) is 17.5 Å². The molecule has 0 saturated carbocycles. The number of benzene rings is 1. The van der Waals surface area contributed by atoms with Gasteiger partial charge in [0.15, 0.2) is 0 Å². The zero-order valence-electron chi connectivity index (χ0n) is 9.06. The molecule has 1 aromatic carbocycles. The average molecular weight is 306 g/mol. The van der Waals surface area contributed by atoms with Crippen LogP contribution in [0.2, 0.25) is 5.02 Å². The third-order valence-electron chi connectivity index (χ3n) is 2.20. The van der Waals surface area contributed by atoms with Gasteiger partial charge in [0.1, 0.15) is 10.7 Å². The molecule has 0 saturated heterocycles. The Hall–Kier alpha value is -0.950. The van der Waals surface area contributed by atoms with Crippen LogP contribution in [0.4, 0.5) is 4.39 Å². The molecule has 3 nitrogen and oxygen atoms in total. The molecule has 0 fully saturated rings. The van der Waals surface area contributed by atoms with E-state index in [1.54, 1.807) is 6.07 Å². The highest BCUT2D eigenvalue weighted by Gasteiger charge is 2.18. The molecule has 7 heteroatoms. The lowest BCUT2D eigenvalue weighted by atomic mass is 10.3. The molecule has 18 heavy (non-hydrogen) atoms. The summed E-state index contributed by atoms with van der Waals surface area (Å²) in [5.74, 6) is -0.860. The van der Waals surface area contributed by atoms with E-state index in [0.29, 0.717) is 0 Å². The van der Waals surface area contributed by atoms with E-state index in [4.69, 9.17) is 11.6 Å². The van der Waals surface area contributed by atoms with Gasteiger partial charge < -0.3 is 0 Å². The van der Waals surface area contributed by atoms with E-state index in [0.717, 1.165) is 17.0 Å². The van der Waals surface area contributed by atoms with Crippen molar-refractivity contribution in [3.8, 4) is 0 Å². The first-order valence-corrected chi connectivity index (χ1v) is 7.70. The molecule has 2 rings (SSSR count). The summed E-state index contributed by atoms with van der Waals surface area (Å²) in [6.45, 7) is 0.141. The molecule has 0 aliphatic heterocycles. The maximum Gasteiger partial charge on any atom is 0.243 e. The maximum absolute atomic E-state index is 13.5. The number of thiophene rings is 1. The lowest BCUT2D eigenvalue weighted by molar-refractivity contribution is 0.557. The van der Waals surface area contributed by atoms with Gasteiger partial charge in [0.05, 0.1) is 0 Å². The normalized spacial score (nSPS) is 11.7. The summed E-state index contributed by atoms with van der Waals surface area (Å²) in [5, 5.41) is 2.00. The molecule has 2 aromatic rings. The topological polar surface area (TPSA) is 46.2 Å². The minimum atomic E-state index is -3.86. The fourth-order valence-corrected chi connectivity index (χ4v) is 3.31. The van der Waals surface area contributed by atoms with Crippen LogP contribution < -0.4 is 4.72 Å². The van der Waals surface area contributed by atoms with Gasteiger partial charge in [-0.05, 0) is 29.6 Å². The number of rotatable bonds is 4. The van der Waals surface area contributed by atoms with Crippen LogP contribution in [0.25, 0.3) is 0 Å². The molecule has 0 unspecified atom stereocenters. The number of hydrogen-bond donors (Lipinski definition) is 1. The Morgan fingerprint density at radius 1 is 1.33 bits per heavy atom. The summed E-state index contributed by atoms with van der Waals surface area (Å²) in [6, 6.07) is 7.07.